The highest BCUT2D eigenvalue weighted by molar-refractivity contribution is 4.72. The van der Waals surface area contributed by atoms with Crippen molar-refractivity contribution < 1.29 is 0 Å². The molecule has 0 amide bonds. The maximum absolute atomic E-state index is 5.82. The van der Waals surface area contributed by atoms with E-state index in [-0.39, 0.29) is 0 Å². The SMILES string of the molecule is CCC(N)CCNCCCCC1CC1. The summed E-state index contributed by atoms with van der Waals surface area (Å²) in [6, 6.07) is 0.397. The number of hydrogen-bond acceptors (Lipinski definition) is 2. The highest BCUT2D eigenvalue weighted by Gasteiger charge is 2.19. The Morgan fingerprint density at radius 3 is 2.71 bits per heavy atom. The molecule has 1 aliphatic rings. The molecule has 0 aromatic carbocycles. The van der Waals surface area contributed by atoms with Crippen molar-refractivity contribution in [3.63, 3.8) is 0 Å². The molecule has 84 valence electrons. The van der Waals surface area contributed by atoms with Gasteiger partial charge in [0.15, 0.2) is 0 Å². The van der Waals surface area contributed by atoms with Gasteiger partial charge >= 0.3 is 0 Å². The monoisotopic (exact) mass is 198 g/mol. The lowest BCUT2D eigenvalue weighted by Crippen LogP contribution is -2.26. The molecule has 1 rings (SSSR count). The fourth-order valence-electron chi connectivity index (χ4n) is 1.71. The van der Waals surface area contributed by atoms with Crippen LogP contribution in [0.1, 0.15) is 51.9 Å². The molecule has 0 bridgehead atoms. The van der Waals surface area contributed by atoms with E-state index in [1.54, 1.807) is 0 Å². The lowest BCUT2D eigenvalue weighted by Gasteiger charge is -2.09. The Kier molecular flexibility index (Phi) is 6.20. The average molecular weight is 198 g/mol. The normalized spacial score (nSPS) is 18.4. The van der Waals surface area contributed by atoms with Gasteiger partial charge in [-0.2, -0.15) is 0 Å². The van der Waals surface area contributed by atoms with E-state index in [0.29, 0.717) is 6.04 Å². The Morgan fingerprint density at radius 1 is 1.29 bits per heavy atom. The third kappa shape index (κ3) is 6.39. The van der Waals surface area contributed by atoms with Crippen LogP contribution in [0.15, 0.2) is 0 Å². The van der Waals surface area contributed by atoms with Gasteiger partial charge in [0.05, 0.1) is 0 Å². The van der Waals surface area contributed by atoms with Crippen LogP contribution < -0.4 is 11.1 Å². The van der Waals surface area contributed by atoms with Crippen LogP contribution in [0.4, 0.5) is 0 Å². The topological polar surface area (TPSA) is 38.0 Å². The summed E-state index contributed by atoms with van der Waals surface area (Å²) < 4.78 is 0. The van der Waals surface area contributed by atoms with E-state index in [4.69, 9.17) is 5.73 Å². The third-order valence-corrected chi connectivity index (χ3v) is 3.13. The van der Waals surface area contributed by atoms with Crippen molar-refractivity contribution in [1.82, 2.24) is 5.32 Å². The van der Waals surface area contributed by atoms with Crippen LogP contribution in [0.2, 0.25) is 0 Å². The van der Waals surface area contributed by atoms with Crippen LogP contribution in [-0.4, -0.2) is 19.1 Å². The largest absolute Gasteiger partial charge is 0.328 e. The first kappa shape index (κ1) is 12.0. The Bertz CT molecular complexity index is 132. The highest BCUT2D eigenvalue weighted by atomic mass is 14.8. The van der Waals surface area contributed by atoms with E-state index in [2.05, 4.69) is 12.2 Å². The summed E-state index contributed by atoms with van der Waals surface area (Å²) in [7, 11) is 0. The van der Waals surface area contributed by atoms with Crippen molar-refractivity contribution >= 4 is 0 Å². The molecule has 1 aliphatic carbocycles. The van der Waals surface area contributed by atoms with Gasteiger partial charge in [0.2, 0.25) is 0 Å². The van der Waals surface area contributed by atoms with Gasteiger partial charge in [-0.25, -0.2) is 0 Å². The van der Waals surface area contributed by atoms with Gasteiger partial charge in [0.25, 0.3) is 0 Å². The summed E-state index contributed by atoms with van der Waals surface area (Å²) >= 11 is 0. The highest BCUT2D eigenvalue weighted by Crippen LogP contribution is 2.33. The molecule has 2 heteroatoms. The Balaban J connectivity index is 1.70. The summed E-state index contributed by atoms with van der Waals surface area (Å²) in [4.78, 5) is 0. The van der Waals surface area contributed by atoms with Gasteiger partial charge in [0, 0.05) is 6.04 Å². The lowest BCUT2D eigenvalue weighted by molar-refractivity contribution is 0.528. The van der Waals surface area contributed by atoms with Crippen LogP contribution in [0, 0.1) is 5.92 Å². The number of nitrogens with two attached hydrogens (primary N) is 1. The van der Waals surface area contributed by atoms with Crippen LogP contribution in [-0.2, 0) is 0 Å². The molecule has 1 unspecified atom stereocenters. The Labute approximate surface area is 88.6 Å². The first-order valence-electron chi connectivity index (χ1n) is 6.29. The minimum absolute atomic E-state index is 0.397. The van der Waals surface area contributed by atoms with Gasteiger partial charge in [-0.1, -0.05) is 32.6 Å². The molecule has 0 saturated heterocycles. The summed E-state index contributed by atoms with van der Waals surface area (Å²) in [5.41, 5.74) is 5.82. The number of nitrogens with one attached hydrogen (secondary N) is 1. The summed E-state index contributed by atoms with van der Waals surface area (Å²) in [6.45, 7) is 4.43. The van der Waals surface area contributed by atoms with Crippen molar-refractivity contribution in [2.45, 2.75) is 57.9 Å². The standard InChI is InChI=1S/C12H26N2/c1-2-12(13)8-10-14-9-4-3-5-11-6-7-11/h11-12,14H,2-10,13H2,1H3. The third-order valence-electron chi connectivity index (χ3n) is 3.13. The fourth-order valence-corrected chi connectivity index (χ4v) is 1.71. The van der Waals surface area contributed by atoms with Crippen molar-refractivity contribution in [1.29, 1.82) is 0 Å². The summed E-state index contributed by atoms with van der Waals surface area (Å²) in [5.74, 6) is 1.10. The molecule has 0 aliphatic heterocycles. The quantitative estimate of drug-likeness (QED) is 0.558. The zero-order valence-corrected chi connectivity index (χ0v) is 9.60. The smallest absolute Gasteiger partial charge is 0.00482 e. The molecule has 0 aromatic rings. The van der Waals surface area contributed by atoms with Gasteiger partial charge in [0.1, 0.15) is 0 Å². The first-order valence-corrected chi connectivity index (χ1v) is 6.29. The Morgan fingerprint density at radius 2 is 2.07 bits per heavy atom. The molecular weight excluding hydrogens is 172 g/mol. The van der Waals surface area contributed by atoms with E-state index >= 15 is 0 Å². The van der Waals surface area contributed by atoms with Crippen molar-refractivity contribution in [3.05, 3.63) is 0 Å². The first-order chi connectivity index (χ1) is 6.83. The van der Waals surface area contributed by atoms with Gasteiger partial charge < -0.3 is 11.1 Å². The minimum Gasteiger partial charge on any atom is -0.328 e. The second-order valence-corrected chi connectivity index (χ2v) is 4.65. The number of hydrogen-bond donors (Lipinski definition) is 2. The second-order valence-electron chi connectivity index (χ2n) is 4.65. The van der Waals surface area contributed by atoms with E-state index in [1.165, 1.54) is 38.6 Å². The van der Waals surface area contributed by atoms with Crippen molar-refractivity contribution in [3.8, 4) is 0 Å². The maximum Gasteiger partial charge on any atom is 0.00482 e. The lowest BCUT2D eigenvalue weighted by atomic mass is 10.1. The number of unbranched alkanes of at least 4 members (excludes halogenated alkanes) is 1. The summed E-state index contributed by atoms with van der Waals surface area (Å²) in [6.07, 6.45) is 9.45. The zero-order valence-electron chi connectivity index (χ0n) is 9.60. The molecular formula is C12H26N2. The molecule has 1 atom stereocenters. The van der Waals surface area contributed by atoms with Gasteiger partial charge in [-0.05, 0) is 38.3 Å². The predicted octanol–water partition coefficient (Wildman–Crippen LogP) is 2.28. The average Bonchev–Trinajstić information content (AvgIpc) is 2.99. The van der Waals surface area contributed by atoms with E-state index in [1.807, 2.05) is 0 Å². The van der Waals surface area contributed by atoms with Gasteiger partial charge in [-0.15, -0.1) is 0 Å². The minimum atomic E-state index is 0.397. The second kappa shape index (κ2) is 7.24. The molecule has 3 N–H and O–H groups in total. The van der Waals surface area contributed by atoms with E-state index in [9.17, 15) is 0 Å². The summed E-state index contributed by atoms with van der Waals surface area (Å²) in [5, 5.41) is 3.46. The fraction of sp³-hybridized carbons (Fsp3) is 1.00. The van der Waals surface area contributed by atoms with Crippen LogP contribution >= 0.6 is 0 Å². The zero-order chi connectivity index (χ0) is 10.2. The molecule has 0 spiro atoms. The van der Waals surface area contributed by atoms with Crippen LogP contribution in [0.3, 0.4) is 0 Å². The van der Waals surface area contributed by atoms with Crippen LogP contribution in [0.5, 0.6) is 0 Å². The molecule has 0 heterocycles. The van der Waals surface area contributed by atoms with Crippen molar-refractivity contribution in [2.75, 3.05) is 13.1 Å². The molecule has 14 heavy (non-hydrogen) atoms. The van der Waals surface area contributed by atoms with Gasteiger partial charge in [-0.3, -0.25) is 0 Å². The molecule has 2 nitrogen and oxygen atoms in total. The molecule has 1 saturated carbocycles. The Hall–Kier alpha value is -0.0800. The van der Waals surface area contributed by atoms with Crippen molar-refractivity contribution in [2.24, 2.45) is 11.7 Å². The predicted molar refractivity (Wildman–Crippen MR) is 62.3 cm³/mol. The maximum atomic E-state index is 5.82. The number of rotatable bonds is 9. The molecule has 0 radical (unpaired) electrons. The molecule has 0 aromatic heterocycles. The molecule has 1 fully saturated rings. The van der Waals surface area contributed by atoms with Crippen LogP contribution in [0.25, 0.3) is 0 Å². The van der Waals surface area contributed by atoms with E-state index in [0.717, 1.165) is 25.3 Å². The van der Waals surface area contributed by atoms with E-state index < -0.39 is 0 Å².